The van der Waals surface area contributed by atoms with E-state index < -0.39 is 15.9 Å². The van der Waals surface area contributed by atoms with Crippen LogP contribution in [0.5, 0.6) is 0 Å². The number of amides is 1. The van der Waals surface area contributed by atoms with E-state index in [0.29, 0.717) is 12.2 Å². The monoisotopic (exact) mass is 455 g/mol. The van der Waals surface area contributed by atoms with Crippen molar-refractivity contribution >= 4 is 21.9 Å². The predicted octanol–water partition coefficient (Wildman–Crippen LogP) is 3.73. The third kappa shape index (κ3) is 4.71. The fraction of sp³-hybridized carbons (Fsp3) is 0.364. The van der Waals surface area contributed by atoms with E-state index in [9.17, 15) is 13.2 Å². The lowest BCUT2D eigenvalue weighted by atomic mass is 9.95. The van der Waals surface area contributed by atoms with Crippen molar-refractivity contribution in [1.29, 1.82) is 0 Å². The average molecular weight is 456 g/mol. The van der Waals surface area contributed by atoms with Gasteiger partial charge in [-0.2, -0.15) is 4.31 Å². The Morgan fingerprint density at radius 3 is 2.50 bits per heavy atom. The Labute approximate surface area is 186 Å². The van der Waals surface area contributed by atoms with Crippen LogP contribution in [0.4, 0.5) is 6.01 Å². The molecular weight excluding hydrogens is 430 g/mol. The van der Waals surface area contributed by atoms with Gasteiger partial charge in [0.15, 0.2) is 0 Å². The van der Waals surface area contributed by atoms with E-state index in [4.69, 9.17) is 4.42 Å². The van der Waals surface area contributed by atoms with Gasteiger partial charge in [-0.1, -0.05) is 37.4 Å². The normalized spacial score (nSPS) is 15.1. The standard InChI is InChI=1S/C22H25N5O4S/c1-2-27(17-8-4-3-5-9-17)32(29,30)18-13-11-16(12-14-18)20(28)24-22-26-25-21(31-22)19-10-6-7-15-23-19/h6-7,10-15,17H,2-5,8-9H2,1H3,(H,24,26,28). The molecule has 0 radical (unpaired) electrons. The van der Waals surface area contributed by atoms with Crippen LogP contribution in [0.3, 0.4) is 0 Å². The van der Waals surface area contributed by atoms with Crippen molar-refractivity contribution < 1.29 is 17.6 Å². The lowest BCUT2D eigenvalue weighted by Gasteiger charge is -2.32. The zero-order chi connectivity index (χ0) is 22.6. The topological polar surface area (TPSA) is 118 Å². The van der Waals surface area contributed by atoms with E-state index in [0.717, 1.165) is 32.1 Å². The summed E-state index contributed by atoms with van der Waals surface area (Å²) in [6.45, 7) is 2.28. The molecular formula is C22H25N5O4S. The van der Waals surface area contributed by atoms with Gasteiger partial charge in [0.05, 0.1) is 4.90 Å². The van der Waals surface area contributed by atoms with Crippen molar-refractivity contribution in [2.45, 2.75) is 50.0 Å². The summed E-state index contributed by atoms with van der Waals surface area (Å²) < 4.78 is 33.3. The first kappa shape index (κ1) is 22.1. The number of nitrogens with zero attached hydrogens (tertiary/aromatic N) is 4. The molecule has 1 saturated carbocycles. The van der Waals surface area contributed by atoms with Gasteiger partial charge in [-0.25, -0.2) is 8.42 Å². The molecule has 10 heteroatoms. The summed E-state index contributed by atoms with van der Waals surface area (Å²) in [5.74, 6) is -0.297. The van der Waals surface area contributed by atoms with Crippen LogP contribution in [-0.2, 0) is 10.0 Å². The molecule has 9 nitrogen and oxygen atoms in total. The number of hydrogen-bond donors (Lipinski definition) is 1. The third-order valence-corrected chi connectivity index (χ3v) is 7.59. The molecule has 168 valence electrons. The number of nitrogens with one attached hydrogen (secondary N) is 1. The molecule has 3 aromatic rings. The molecule has 0 unspecified atom stereocenters. The summed E-state index contributed by atoms with van der Waals surface area (Å²) in [4.78, 5) is 16.8. The molecule has 1 aliphatic rings. The number of hydrogen-bond acceptors (Lipinski definition) is 7. The van der Waals surface area contributed by atoms with Crippen LogP contribution in [-0.4, -0.2) is 46.4 Å². The van der Waals surface area contributed by atoms with Gasteiger partial charge >= 0.3 is 6.01 Å². The van der Waals surface area contributed by atoms with E-state index in [-0.39, 0.29) is 28.4 Å². The minimum absolute atomic E-state index is 0.0348. The second-order valence-electron chi connectivity index (χ2n) is 7.61. The Morgan fingerprint density at radius 1 is 1.09 bits per heavy atom. The minimum Gasteiger partial charge on any atom is -0.401 e. The maximum absolute atomic E-state index is 13.2. The Balaban J connectivity index is 1.46. The second kappa shape index (κ2) is 9.58. The quantitative estimate of drug-likeness (QED) is 0.577. The van der Waals surface area contributed by atoms with Gasteiger partial charge in [-0.3, -0.25) is 15.1 Å². The van der Waals surface area contributed by atoms with Gasteiger partial charge in [-0.05, 0) is 49.2 Å². The molecule has 4 rings (SSSR count). The molecule has 1 fully saturated rings. The van der Waals surface area contributed by atoms with Gasteiger partial charge in [0.2, 0.25) is 10.0 Å². The molecule has 2 heterocycles. The number of pyridine rings is 1. The summed E-state index contributed by atoms with van der Waals surface area (Å²) >= 11 is 0. The Morgan fingerprint density at radius 2 is 1.84 bits per heavy atom. The highest BCUT2D eigenvalue weighted by Gasteiger charge is 2.31. The van der Waals surface area contributed by atoms with Crippen LogP contribution >= 0.6 is 0 Å². The van der Waals surface area contributed by atoms with Crippen molar-refractivity contribution in [1.82, 2.24) is 19.5 Å². The SMILES string of the molecule is CCN(C1CCCCC1)S(=O)(=O)c1ccc(C(=O)Nc2nnc(-c3ccccn3)o2)cc1. The van der Waals surface area contributed by atoms with E-state index >= 15 is 0 Å². The number of aromatic nitrogens is 3. The molecule has 1 N–H and O–H groups in total. The van der Waals surface area contributed by atoms with Crippen LogP contribution in [0.1, 0.15) is 49.4 Å². The van der Waals surface area contributed by atoms with Crippen molar-refractivity contribution in [2.75, 3.05) is 11.9 Å². The van der Waals surface area contributed by atoms with Crippen LogP contribution in [0, 0.1) is 0 Å². The van der Waals surface area contributed by atoms with Crippen molar-refractivity contribution in [3.05, 3.63) is 54.2 Å². The first-order chi connectivity index (χ1) is 15.5. The van der Waals surface area contributed by atoms with Gasteiger partial charge in [0.25, 0.3) is 11.8 Å². The Bertz CT molecular complexity index is 1160. The molecule has 0 spiro atoms. The first-order valence-electron chi connectivity index (χ1n) is 10.7. The van der Waals surface area contributed by atoms with Crippen LogP contribution in [0.25, 0.3) is 11.6 Å². The van der Waals surface area contributed by atoms with Crippen molar-refractivity contribution in [3.8, 4) is 11.6 Å². The number of benzene rings is 1. The number of anilines is 1. The average Bonchev–Trinajstić information content (AvgIpc) is 3.29. The third-order valence-electron chi connectivity index (χ3n) is 5.55. The maximum atomic E-state index is 13.2. The number of sulfonamides is 1. The molecule has 1 aromatic carbocycles. The highest BCUT2D eigenvalue weighted by molar-refractivity contribution is 7.89. The largest absolute Gasteiger partial charge is 0.401 e. The lowest BCUT2D eigenvalue weighted by molar-refractivity contribution is 0.102. The zero-order valence-electron chi connectivity index (χ0n) is 17.8. The smallest absolute Gasteiger partial charge is 0.322 e. The summed E-state index contributed by atoms with van der Waals surface area (Å²) in [6, 6.07) is 11.1. The molecule has 0 saturated heterocycles. The van der Waals surface area contributed by atoms with E-state index in [1.165, 1.54) is 24.3 Å². The summed E-state index contributed by atoms with van der Waals surface area (Å²) in [7, 11) is -3.63. The lowest BCUT2D eigenvalue weighted by Crippen LogP contribution is -2.41. The summed E-state index contributed by atoms with van der Waals surface area (Å²) in [6.07, 6.45) is 6.63. The van der Waals surface area contributed by atoms with Gasteiger partial charge in [0, 0.05) is 24.3 Å². The van der Waals surface area contributed by atoms with Crippen LogP contribution in [0.2, 0.25) is 0 Å². The molecule has 32 heavy (non-hydrogen) atoms. The molecule has 2 aromatic heterocycles. The highest BCUT2D eigenvalue weighted by Crippen LogP contribution is 2.28. The minimum atomic E-state index is -3.63. The van der Waals surface area contributed by atoms with Gasteiger partial charge in [-0.15, -0.1) is 5.10 Å². The zero-order valence-corrected chi connectivity index (χ0v) is 18.6. The van der Waals surface area contributed by atoms with E-state index in [1.807, 2.05) is 6.92 Å². The van der Waals surface area contributed by atoms with Crippen LogP contribution < -0.4 is 5.32 Å². The Kier molecular flexibility index (Phi) is 6.61. The van der Waals surface area contributed by atoms with Gasteiger partial charge < -0.3 is 4.42 Å². The number of carbonyl (C=O) groups excluding carboxylic acids is 1. The van der Waals surface area contributed by atoms with E-state index in [1.54, 1.807) is 28.7 Å². The second-order valence-corrected chi connectivity index (χ2v) is 9.50. The molecule has 1 amide bonds. The highest BCUT2D eigenvalue weighted by atomic mass is 32.2. The molecule has 0 aliphatic heterocycles. The number of carbonyl (C=O) groups is 1. The van der Waals surface area contributed by atoms with E-state index in [2.05, 4.69) is 20.5 Å². The molecule has 1 aliphatic carbocycles. The maximum Gasteiger partial charge on any atom is 0.322 e. The number of rotatable bonds is 7. The molecule has 0 atom stereocenters. The fourth-order valence-corrected chi connectivity index (χ4v) is 5.64. The summed E-state index contributed by atoms with van der Waals surface area (Å²) in [5.41, 5.74) is 0.774. The Hall–Kier alpha value is -3.11. The van der Waals surface area contributed by atoms with Crippen molar-refractivity contribution in [3.63, 3.8) is 0 Å². The fourth-order valence-electron chi connectivity index (χ4n) is 3.94. The summed E-state index contributed by atoms with van der Waals surface area (Å²) in [5, 5.41) is 10.2. The van der Waals surface area contributed by atoms with Crippen LogP contribution in [0.15, 0.2) is 58.0 Å². The molecule has 0 bridgehead atoms. The van der Waals surface area contributed by atoms with Crippen molar-refractivity contribution in [2.24, 2.45) is 0 Å². The van der Waals surface area contributed by atoms with Gasteiger partial charge in [0.1, 0.15) is 5.69 Å². The first-order valence-corrected chi connectivity index (χ1v) is 12.1. The predicted molar refractivity (Wildman–Crippen MR) is 118 cm³/mol.